The van der Waals surface area contributed by atoms with E-state index < -0.39 is 0 Å². The molecule has 136 valence electrons. The van der Waals surface area contributed by atoms with E-state index in [1.165, 1.54) is 0 Å². The lowest BCUT2D eigenvalue weighted by Crippen LogP contribution is -2.48. The van der Waals surface area contributed by atoms with Crippen molar-refractivity contribution in [1.82, 2.24) is 25.4 Å². The zero-order valence-electron chi connectivity index (χ0n) is 14.9. The molecule has 2 N–H and O–H groups in total. The lowest BCUT2D eigenvalue weighted by Gasteiger charge is -2.32. The van der Waals surface area contributed by atoms with Gasteiger partial charge >= 0.3 is 0 Å². The third-order valence-electron chi connectivity index (χ3n) is 5.41. The first-order valence-corrected chi connectivity index (χ1v) is 8.91. The first kappa shape index (κ1) is 17.8. The summed E-state index contributed by atoms with van der Waals surface area (Å²) in [4.78, 5) is 32.9. The van der Waals surface area contributed by atoms with Gasteiger partial charge in [-0.05, 0) is 38.6 Å². The van der Waals surface area contributed by atoms with Crippen LogP contribution in [0.3, 0.4) is 0 Å². The molecule has 0 saturated carbocycles. The lowest BCUT2D eigenvalue weighted by molar-refractivity contribution is -0.125. The minimum Gasteiger partial charge on any atom is -0.353 e. The summed E-state index contributed by atoms with van der Waals surface area (Å²) in [5, 5.41) is 5.98. The molecule has 2 aliphatic heterocycles. The van der Waals surface area contributed by atoms with Crippen LogP contribution in [0, 0.1) is 0 Å². The number of carbonyl (C=O) groups is 2. The molecule has 0 bridgehead atoms. The number of nitrogens with zero attached hydrogens (tertiary/aromatic N) is 3. The molecule has 25 heavy (non-hydrogen) atoms. The van der Waals surface area contributed by atoms with Gasteiger partial charge in [0.15, 0.2) is 0 Å². The maximum atomic E-state index is 12.3. The van der Waals surface area contributed by atoms with Crippen LogP contribution in [0.4, 0.5) is 0 Å². The van der Waals surface area contributed by atoms with Crippen LogP contribution in [-0.2, 0) is 16.1 Å². The number of pyridine rings is 1. The van der Waals surface area contributed by atoms with Crippen molar-refractivity contribution < 1.29 is 9.59 Å². The molecule has 7 nitrogen and oxygen atoms in total. The third kappa shape index (κ3) is 4.16. The summed E-state index contributed by atoms with van der Waals surface area (Å²) >= 11 is 0. The number of aromatic nitrogens is 1. The van der Waals surface area contributed by atoms with Gasteiger partial charge in [-0.1, -0.05) is 6.07 Å². The Morgan fingerprint density at radius 2 is 2.28 bits per heavy atom. The molecule has 3 heterocycles. The third-order valence-corrected chi connectivity index (χ3v) is 5.41. The van der Waals surface area contributed by atoms with Gasteiger partial charge in [-0.3, -0.25) is 24.4 Å². The van der Waals surface area contributed by atoms with Crippen molar-refractivity contribution in [3.63, 3.8) is 0 Å². The Kier molecular flexibility index (Phi) is 5.65. The summed E-state index contributed by atoms with van der Waals surface area (Å²) in [6.07, 6.45) is 5.66. The van der Waals surface area contributed by atoms with Gasteiger partial charge in [0.2, 0.25) is 11.8 Å². The highest BCUT2D eigenvalue weighted by Gasteiger charge is 2.43. The molecule has 2 amide bonds. The quantitative estimate of drug-likeness (QED) is 0.784. The summed E-state index contributed by atoms with van der Waals surface area (Å²) in [5.74, 6) is 0.147. The Morgan fingerprint density at radius 1 is 1.44 bits per heavy atom. The minimum atomic E-state index is -0.0746. The van der Waals surface area contributed by atoms with Crippen LogP contribution in [0.15, 0.2) is 24.5 Å². The minimum absolute atomic E-state index is 0.0351. The molecule has 2 saturated heterocycles. The van der Waals surface area contributed by atoms with Crippen molar-refractivity contribution in [3.8, 4) is 0 Å². The molecule has 7 heteroatoms. The molecule has 3 atom stereocenters. The number of likely N-dealkylation sites (tertiary alicyclic amines) is 1. The average Bonchev–Trinajstić information content (AvgIpc) is 2.96. The summed E-state index contributed by atoms with van der Waals surface area (Å²) in [6, 6.07) is 4.15. The smallest absolute Gasteiger partial charge is 0.239 e. The summed E-state index contributed by atoms with van der Waals surface area (Å²) in [5.41, 5.74) is 0.992. The number of amides is 2. The first-order chi connectivity index (χ1) is 12.1. The van der Waals surface area contributed by atoms with Gasteiger partial charge in [-0.15, -0.1) is 0 Å². The van der Waals surface area contributed by atoms with E-state index in [1.54, 1.807) is 12.4 Å². The van der Waals surface area contributed by atoms with E-state index in [9.17, 15) is 9.59 Å². The zero-order valence-corrected chi connectivity index (χ0v) is 14.9. The fourth-order valence-electron chi connectivity index (χ4n) is 3.86. The second kappa shape index (κ2) is 7.93. The van der Waals surface area contributed by atoms with Gasteiger partial charge in [0, 0.05) is 50.5 Å². The van der Waals surface area contributed by atoms with E-state index in [1.807, 2.05) is 19.2 Å². The van der Waals surface area contributed by atoms with Crippen LogP contribution < -0.4 is 10.6 Å². The molecule has 0 aromatic carbocycles. The zero-order chi connectivity index (χ0) is 17.8. The second-order valence-corrected chi connectivity index (χ2v) is 7.02. The highest BCUT2D eigenvalue weighted by atomic mass is 16.2. The van der Waals surface area contributed by atoms with Crippen molar-refractivity contribution in [1.29, 1.82) is 0 Å². The normalized spacial score (nSPS) is 27.4. The number of likely N-dealkylation sites (N-methyl/N-ethyl adjacent to an activating group) is 2. The topological polar surface area (TPSA) is 77.6 Å². The van der Waals surface area contributed by atoms with E-state index in [0.29, 0.717) is 19.5 Å². The van der Waals surface area contributed by atoms with Crippen LogP contribution in [0.1, 0.15) is 24.8 Å². The Labute approximate surface area is 148 Å². The van der Waals surface area contributed by atoms with Crippen LogP contribution in [-0.4, -0.2) is 71.9 Å². The van der Waals surface area contributed by atoms with Gasteiger partial charge in [-0.2, -0.15) is 0 Å². The van der Waals surface area contributed by atoms with Crippen molar-refractivity contribution in [2.45, 2.75) is 43.9 Å². The molecular formula is C18H27N5O2. The van der Waals surface area contributed by atoms with Gasteiger partial charge in [0.1, 0.15) is 6.04 Å². The Balaban J connectivity index is 1.50. The largest absolute Gasteiger partial charge is 0.353 e. The molecule has 0 unspecified atom stereocenters. The average molecular weight is 345 g/mol. The number of fused-ring (bicyclic) bond motifs is 1. The van der Waals surface area contributed by atoms with Crippen molar-refractivity contribution in [3.05, 3.63) is 30.1 Å². The summed E-state index contributed by atoms with van der Waals surface area (Å²) < 4.78 is 0. The summed E-state index contributed by atoms with van der Waals surface area (Å²) in [7, 11) is 4.08. The molecule has 0 radical (unpaired) electrons. The second-order valence-electron chi connectivity index (χ2n) is 7.02. The van der Waals surface area contributed by atoms with E-state index in [2.05, 4.69) is 32.5 Å². The van der Waals surface area contributed by atoms with Crippen molar-refractivity contribution >= 4 is 11.8 Å². The van der Waals surface area contributed by atoms with Crippen LogP contribution in [0.5, 0.6) is 0 Å². The standard InChI is InChI=1S/C18H27N5O2/c1-22-9-7-15-17(22)18(25)21-12-14(23(15)2)5-6-16(24)20-11-13-4-3-8-19-10-13/h3-4,8,10,14-15,17H,5-7,9,11-12H2,1-2H3,(H,20,24)(H,21,25)/t14-,15+,17-/m0/s1. The molecule has 1 aromatic heterocycles. The maximum absolute atomic E-state index is 12.3. The first-order valence-electron chi connectivity index (χ1n) is 8.91. The Morgan fingerprint density at radius 3 is 3.04 bits per heavy atom. The number of hydrogen-bond acceptors (Lipinski definition) is 5. The monoisotopic (exact) mass is 345 g/mol. The molecule has 2 aliphatic rings. The van der Waals surface area contributed by atoms with Crippen molar-refractivity contribution in [2.75, 3.05) is 27.2 Å². The molecule has 0 aliphatic carbocycles. The fraction of sp³-hybridized carbons (Fsp3) is 0.611. The molecule has 2 fully saturated rings. The van der Waals surface area contributed by atoms with Crippen molar-refractivity contribution in [2.24, 2.45) is 0 Å². The number of rotatable bonds is 5. The number of carbonyl (C=O) groups excluding carboxylic acids is 2. The van der Waals surface area contributed by atoms with Gasteiger partial charge in [0.05, 0.1) is 0 Å². The van der Waals surface area contributed by atoms with E-state index in [-0.39, 0.29) is 29.9 Å². The Hall–Kier alpha value is -1.99. The molecule has 3 rings (SSSR count). The van der Waals surface area contributed by atoms with E-state index in [4.69, 9.17) is 0 Å². The van der Waals surface area contributed by atoms with E-state index >= 15 is 0 Å². The number of hydrogen-bond donors (Lipinski definition) is 2. The molecular weight excluding hydrogens is 318 g/mol. The van der Waals surface area contributed by atoms with Gasteiger partial charge in [-0.25, -0.2) is 0 Å². The van der Waals surface area contributed by atoms with Crippen LogP contribution in [0.25, 0.3) is 0 Å². The Bertz CT molecular complexity index is 609. The van der Waals surface area contributed by atoms with Crippen LogP contribution in [0.2, 0.25) is 0 Å². The van der Waals surface area contributed by atoms with Gasteiger partial charge < -0.3 is 10.6 Å². The number of nitrogens with one attached hydrogen (secondary N) is 2. The highest BCUT2D eigenvalue weighted by molar-refractivity contribution is 5.83. The van der Waals surface area contributed by atoms with Gasteiger partial charge in [0.25, 0.3) is 0 Å². The van der Waals surface area contributed by atoms with E-state index in [0.717, 1.165) is 24.9 Å². The predicted molar refractivity (Wildman–Crippen MR) is 94.7 cm³/mol. The molecule has 1 aromatic rings. The highest BCUT2D eigenvalue weighted by Crippen LogP contribution is 2.25. The summed E-state index contributed by atoms with van der Waals surface area (Å²) in [6.45, 7) is 2.04. The maximum Gasteiger partial charge on any atom is 0.239 e. The SMILES string of the molecule is CN1CC[C@@H]2[C@H]1C(=O)NC[C@H](CCC(=O)NCc1cccnc1)N2C. The molecule has 0 spiro atoms. The van der Waals surface area contributed by atoms with Crippen LogP contribution >= 0.6 is 0 Å². The fourth-order valence-corrected chi connectivity index (χ4v) is 3.86. The lowest BCUT2D eigenvalue weighted by atomic mass is 10.0. The predicted octanol–water partition coefficient (Wildman–Crippen LogP) is -0.0191.